The molecule has 0 unspecified atom stereocenters. The Morgan fingerprint density at radius 2 is 1.94 bits per heavy atom. The smallest absolute Gasteiger partial charge is 0.410 e. The highest BCUT2D eigenvalue weighted by Crippen LogP contribution is 2.26. The van der Waals surface area contributed by atoms with E-state index in [1.165, 1.54) is 0 Å². The fourth-order valence-electron chi connectivity index (χ4n) is 3.63. The number of hydrogen-bond donors (Lipinski definition) is 0. The molecule has 0 bridgehead atoms. The van der Waals surface area contributed by atoms with Crippen molar-refractivity contribution in [2.45, 2.75) is 45.4 Å². The second kappa shape index (κ2) is 8.31. The normalized spacial score (nSPS) is 16.3. The van der Waals surface area contributed by atoms with Gasteiger partial charge in [-0.15, -0.1) is 0 Å². The van der Waals surface area contributed by atoms with Crippen LogP contribution >= 0.6 is 0 Å². The summed E-state index contributed by atoms with van der Waals surface area (Å²) in [6.07, 6.45) is 0.257. The third-order valence-electron chi connectivity index (χ3n) is 5.11. The molecule has 3 aromatic rings. The number of benzene rings is 2. The fraction of sp³-hybridized carbons (Fsp3) is 0.375. The molecule has 1 atom stereocenters. The summed E-state index contributed by atoms with van der Waals surface area (Å²) in [5.41, 5.74) is 2.99. The summed E-state index contributed by atoms with van der Waals surface area (Å²) in [6, 6.07) is 18.1. The molecule has 0 saturated carbocycles. The highest BCUT2D eigenvalue weighted by atomic mass is 16.6. The number of rotatable bonds is 4. The lowest BCUT2D eigenvalue weighted by Crippen LogP contribution is -2.36. The van der Waals surface area contributed by atoms with Crippen LogP contribution in [0.15, 0.2) is 48.5 Å². The van der Waals surface area contributed by atoms with Gasteiger partial charge in [0.05, 0.1) is 35.8 Å². The summed E-state index contributed by atoms with van der Waals surface area (Å²) >= 11 is 0. The molecule has 1 fully saturated rings. The highest BCUT2D eigenvalue weighted by Gasteiger charge is 2.32. The van der Waals surface area contributed by atoms with E-state index >= 15 is 0 Å². The Morgan fingerprint density at radius 1 is 1.19 bits per heavy atom. The first kappa shape index (κ1) is 20.7. The number of nitriles is 1. The maximum Gasteiger partial charge on any atom is 0.410 e. The van der Waals surface area contributed by atoms with Gasteiger partial charge in [-0.1, -0.05) is 24.3 Å². The molecule has 1 saturated heterocycles. The van der Waals surface area contributed by atoms with Crippen molar-refractivity contribution in [2.24, 2.45) is 0 Å². The lowest BCUT2D eigenvalue weighted by molar-refractivity contribution is 0.0273. The summed E-state index contributed by atoms with van der Waals surface area (Å²) in [4.78, 5) is 18.7. The zero-order valence-electron chi connectivity index (χ0n) is 18.0. The maximum atomic E-state index is 12.4. The SMILES string of the molecule is CC(C)(C)OC(=O)N1CC[C@@H](Oc2nc3ccccc3n2Cc2ccc(C#N)cc2)C1. The molecule has 2 heterocycles. The van der Waals surface area contributed by atoms with Crippen molar-refractivity contribution >= 4 is 17.1 Å². The van der Waals surface area contributed by atoms with Crippen LogP contribution in [0.5, 0.6) is 6.01 Å². The van der Waals surface area contributed by atoms with Crippen LogP contribution in [0.4, 0.5) is 4.79 Å². The van der Waals surface area contributed by atoms with E-state index in [-0.39, 0.29) is 12.2 Å². The average molecular weight is 418 g/mol. The van der Waals surface area contributed by atoms with Gasteiger partial charge in [0.2, 0.25) is 0 Å². The number of carbonyl (C=O) groups is 1. The first-order valence-electron chi connectivity index (χ1n) is 10.4. The predicted octanol–water partition coefficient (Wildman–Crippen LogP) is 4.34. The number of likely N-dealkylation sites (tertiary alicyclic amines) is 1. The molecule has 1 aromatic heterocycles. The van der Waals surface area contributed by atoms with E-state index in [9.17, 15) is 4.79 Å². The number of ether oxygens (including phenoxy) is 2. The second-order valence-corrected chi connectivity index (χ2v) is 8.73. The topological polar surface area (TPSA) is 80.4 Å². The van der Waals surface area contributed by atoms with Crippen molar-refractivity contribution < 1.29 is 14.3 Å². The molecular weight excluding hydrogens is 392 g/mol. The van der Waals surface area contributed by atoms with Crippen LogP contribution in [-0.4, -0.2) is 45.3 Å². The zero-order chi connectivity index (χ0) is 22.0. The number of aromatic nitrogens is 2. The van der Waals surface area contributed by atoms with E-state index in [0.717, 1.165) is 23.0 Å². The first-order chi connectivity index (χ1) is 14.8. The van der Waals surface area contributed by atoms with Gasteiger partial charge in [-0.25, -0.2) is 4.79 Å². The van der Waals surface area contributed by atoms with Gasteiger partial charge in [0.25, 0.3) is 6.01 Å². The van der Waals surface area contributed by atoms with Crippen LogP contribution in [0, 0.1) is 11.3 Å². The predicted molar refractivity (Wildman–Crippen MR) is 117 cm³/mol. The monoisotopic (exact) mass is 418 g/mol. The van der Waals surface area contributed by atoms with Gasteiger partial charge in [0, 0.05) is 13.0 Å². The van der Waals surface area contributed by atoms with E-state index in [0.29, 0.717) is 31.2 Å². The Morgan fingerprint density at radius 3 is 2.65 bits per heavy atom. The van der Waals surface area contributed by atoms with E-state index in [4.69, 9.17) is 14.7 Å². The minimum Gasteiger partial charge on any atom is -0.459 e. The van der Waals surface area contributed by atoms with Crippen molar-refractivity contribution in [3.63, 3.8) is 0 Å². The molecule has 1 aliphatic heterocycles. The third-order valence-corrected chi connectivity index (χ3v) is 5.11. The minimum atomic E-state index is -0.523. The molecule has 0 radical (unpaired) electrons. The molecule has 4 rings (SSSR count). The van der Waals surface area contributed by atoms with Gasteiger partial charge >= 0.3 is 6.09 Å². The van der Waals surface area contributed by atoms with Crippen LogP contribution < -0.4 is 4.74 Å². The Balaban J connectivity index is 1.53. The van der Waals surface area contributed by atoms with Gasteiger partial charge in [-0.2, -0.15) is 10.2 Å². The van der Waals surface area contributed by atoms with Gasteiger partial charge < -0.3 is 14.4 Å². The number of carbonyl (C=O) groups excluding carboxylic acids is 1. The molecule has 1 aliphatic rings. The van der Waals surface area contributed by atoms with Crippen LogP contribution in [0.1, 0.15) is 38.3 Å². The summed E-state index contributed by atoms with van der Waals surface area (Å²) in [6.45, 7) is 7.22. The van der Waals surface area contributed by atoms with Crippen molar-refractivity contribution in [2.75, 3.05) is 13.1 Å². The van der Waals surface area contributed by atoms with E-state index in [2.05, 4.69) is 11.1 Å². The molecule has 31 heavy (non-hydrogen) atoms. The molecule has 160 valence electrons. The maximum absolute atomic E-state index is 12.4. The van der Waals surface area contributed by atoms with Crippen LogP contribution in [0.25, 0.3) is 11.0 Å². The largest absolute Gasteiger partial charge is 0.459 e. The Hall–Kier alpha value is -3.53. The van der Waals surface area contributed by atoms with Crippen LogP contribution in [-0.2, 0) is 11.3 Å². The van der Waals surface area contributed by atoms with Crippen molar-refractivity contribution in [1.82, 2.24) is 14.5 Å². The van der Waals surface area contributed by atoms with Crippen molar-refractivity contribution in [3.8, 4) is 12.1 Å². The van der Waals surface area contributed by atoms with Crippen molar-refractivity contribution in [1.29, 1.82) is 5.26 Å². The lowest BCUT2D eigenvalue weighted by Gasteiger charge is -2.24. The summed E-state index contributed by atoms with van der Waals surface area (Å²) in [5.74, 6) is 0. The molecule has 1 amide bonds. The van der Waals surface area contributed by atoms with Crippen LogP contribution in [0.2, 0.25) is 0 Å². The molecule has 0 aliphatic carbocycles. The van der Waals surface area contributed by atoms with Gasteiger partial charge in [0.1, 0.15) is 11.7 Å². The van der Waals surface area contributed by atoms with E-state index < -0.39 is 5.60 Å². The molecule has 7 heteroatoms. The molecule has 0 spiro atoms. The highest BCUT2D eigenvalue weighted by molar-refractivity contribution is 5.76. The number of amides is 1. The van der Waals surface area contributed by atoms with Gasteiger partial charge in [-0.3, -0.25) is 4.57 Å². The van der Waals surface area contributed by atoms with Crippen LogP contribution in [0.3, 0.4) is 0 Å². The van der Waals surface area contributed by atoms with E-state index in [1.807, 2.05) is 73.9 Å². The summed E-state index contributed by atoms with van der Waals surface area (Å²) in [7, 11) is 0. The Labute approximate surface area is 181 Å². The number of imidazole rings is 1. The summed E-state index contributed by atoms with van der Waals surface area (Å²) < 4.78 is 13.8. The minimum absolute atomic E-state index is 0.149. The molecular formula is C24H26N4O3. The average Bonchev–Trinajstić information content (AvgIpc) is 3.33. The van der Waals surface area contributed by atoms with E-state index in [1.54, 1.807) is 4.90 Å². The zero-order valence-corrected chi connectivity index (χ0v) is 18.0. The third kappa shape index (κ3) is 4.80. The number of nitrogens with zero attached hydrogens (tertiary/aromatic N) is 4. The second-order valence-electron chi connectivity index (χ2n) is 8.73. The molecule has 7 nitrogen and oxygen atoms in total. The lowest BCUT2D eigenvalue weighted by atomic mass is 10.1. The van der Waals surface area contributed by atoms with Crippen molar-refractivity contribution in [3.05, 3.63) is 59.7 Å². The van der Waals surface area contributed by atoms with Gasteiger partial charge in [0.15, 0.2) is 0 Å². The fourth-order valence-corrected chi connectivity index (χ4v) is 3.63. The number of hydrogen-bond acceptors (Lipinski definition) is 5. The number of fused-ring (bicyclic) bond motifs is 1. The molecule has 0 N–H and O–H groups in total. The first-order valence-corrected chi connectivity index (χ1v) is 10.4. The quantitative estimate of drug-likeness (QED) is 0.629. The number of para-hydroxylation sites is 2. The Bertz CT molecular complexity index is 1120. The molecule has 2 aromatic carbocycles. The van der Waals surface area contributed by atoms with Gasteiger partial charge in [-0.05, 0) is 50.6 Å². The summed E-state index contributed by atoms with van der Waals surface area (Å²) in [5, 5.41) is 9.03. The standard InChI is InChI=1S/C24H26N4O3/c1-24(2,3)31-23(29)27-13-12-19(16-27)30-22-26-20-6-4-5-7-21(20)28(22)15-18-10-8-17(14-25)9-11-18/h4-11,19H,12-13,15-16H2,1-3H3/t19-/m1/s1. The Kier molecular flexibility index (Phi) is 5.55.